The standard InChI is InChI=1S/C18H25N3OS/c1-14(2)12-22-17-6-4-15(5-7-17)10-20-18(19-3)21-11-16-8-9-23-13-16/h4-9,13-14H,10-12H2,1-3H3,(H2,19,20,21). The molecule has 23 heavy (non-hydrogen) atoms. The largest absolute Gasteiger partial charge is 0.493 e. The summed E-state index contributed by atoms with van der Waals surface area (Å²) in [5, 5.41) is 10.8. The molecule has 0 amide bonds. The summed E-state index contributed by atoms with van der Waals surface area (Å²) in [6.45, 7) is 6.55. The molecule has 0 radical (unpaired) electrons. The zero-order chi connectivity index (χ0) is 16.5. The highest BCUT2D eigenvalue weighted by Gasteiger charge is 2.01. The van der Waals surface area contributed by atoms with E-state index in [-0.39, 0.29) is 0 Å². The Morgan fingerprint density at radius 2 is 1.78 bits per heavy atom. The molecule has 4 nitrogen and oxygen atoms in total. The lowest BCUT2D eigenvalue weighted by atomic mass is 10.2. The van der Waals surface area contributed by atoms with Crippen molar-refractivity contribution in [2.24, 2.45) is 10.9 Å². The van der Waals surface area contributed by atoms with Gasteiger partial charge >= 0.3 is 0 Å². The van der Waals surface area contributed by atoms with Crippen LogP contribution in [0.15, 0.2) is 46.1 Å². The second-order valence-electron chi connectivity index (χ2n) is 5.76. The molecule has 2 rings (SSSR count). The quantitative estimate of drug-likeness (QED) is 0.601. The van der Waals surface area contributed by atoms with E-state index in [1.54, 1.807) is 18.4 Å². The first kappa shape index (κ1) is 17.3. The summed E-state index contributed by atoms with van der Waals surface area (Å²) in [6.07, 6.45) is 0. The maximum absolute atomic E-state index is 5.69. The van der Waals surface area contributed by atoms with Gasteiger partial charge in [0.1, 0.15) is 5.75 Å². The molecule has 0 bridgehead atoms. The van der Waals surface area contributed by atoms with Crippen molar-refractivity contribution in [2.75, 3.05) is 13.7 Å². The van der Waals surface area contributed by atoms with Crippen LogP contribution in [0.5, 0.6) is 5.75 Å². The van der Waals surface area contributed by atoms with Gasteiger partial charge in [0.2, 0.25) is 0 Å². The van der Waals surface area contributed by atoms with E-state index in [9.17, 15) is 0 Å². The van der Waals surface area contributed by atoms with Crippen molar-refractivity contribution in [3.63, 3.8) is 0 Å². The van der Waals surface area contributed by atoms with E-state index >= 15 is 0 Å². The predicted molar refractivity (Wildman–Crippen MR) is 98.1 cm³/mol. The summed E-state index contributed by atoms with van der Waals surface area (Å²) in [6, 6.07) is 10.3. The Balaban J connectivity index is 1.77. The fourth-order valence-electron chi connectivity index (χ4n) is 1.95. The number of nitrogens with one attached hydrogen (secondary N) is 2. The highest BCUT2D eigenvalue weighted by atomic mass is 32.1. The Labute approximate surface area is 142 Å². The highest BCUT2D eigenvalue weighted by Crippen LogP contribution is 2.13. The molecule has 0 atom stereocenters. The summed E-state index contributed by atoms with van der Waals surface area (Å²) >= 11 is 1.70. The van der Waals surface area contributed by atoms with Crippen LogP contribution < -0.4 is 15.4 Å². The molecular weight excluding hydrogens is 306 g/mol. The minimum absolute atomic E-state index is 0.536. The number of hydrogen-bond acceptors (Lipinski definition) is 3. The van der Waals surface area contributed by atoms with Crippen molar-refractivity contribution in [2.45, 2.75) is 26.9 Å². The van der Waals surface area contributed by atoms with Crippen molar-refractivity contribution in [3.05, 3.63) is 52.2 Å². The number of aliphatic imine (C=N–C) groups is 1. The van der Waals surface area contributed by atoms with Crippen molar-refractivity contribution in [3.8, 4) is 5.75 Å². The lowest BCUT2D eigenvalue weighted by Crippen LogP contribution is -2.36. The van der Waals surface area contributed by atoms with Crippen molar-refractivity contribution < 1.29 is 4.74 Å². The SMILES string of the molecule is CN=C(NCc1ccc(OCC(C)C)cc1)NCc1ccsc1. The Bertz CT molecular complexity index is 591. The first-order valence-corrected chi connectivity index (χ1v) is 8.79. The third-order valence-electron chi connectivity index (χ3n) is 3.23. The van der Waals surface area contributed by atoms with Gasteiger partial charge in [0.15, 0.2) is 5.96 Å². The smallest absolute Gasteiger partial charge is 0.191 e. The Morgan fingerprint density at radius 1 is 1.09 bits per heavy atom. The van der Waals surface area contributed by atoms with Crippen LogP contribution in [0.3, 0.4) is 0 Å². The lowest BCUT2D eigenvalue weighted by molar-refractivity contribution is 0.271. The van der Waals surface area contributed by atoms with E-state index in [0.717, 1.165) is 31.4 Å². The first-order valence-electron chi connectivity index (χ1n) is 7.84. The summed E-state index contributed by atoms with van der Waals surface area (Å²) in [7, 11) is 1.78. The lowest BCUT2D eigenvalue weighted by Gasteiger charge is -2.12. The molecule has 0 aliphatic carbocycles. The maximum atomic E-state index is 5.69. The zero-order valence-electron chi connectivity index (χ0n) is 14.0. The van der Waals surface area contributed by atoms with Gasteiger partial charge in [0.05, 0.1) is 6.61 Å². The van der Waals surface area contributed by atoms with Gasteiger partial charge in [-0.1, -0.05) is 26.0 Å². The summed E-state index contributed by atoms with van der Waals surface area (Å²) in [5.74, 6) is 2.26. The summed E-state index contributed by atoms with van der Waals surface area (Å²) < 4.78 is 5.69. The van der Waals surface area contributed by atoms with Gasteiger partial charge in [-0.2, -0.15) is 11.3 Å². The molecule has 0 saturated heterocycles. The molecule has 0 aliphatic heterocycles. The van der Waals surface area contributed by atoms with E-state index in [1.165, 1.54) is 11.1 Å². The van der Waals surface area contributed by atoms with E-state index in [1.807, 2.05) is 12.1 Å². The zero-order valence-corrected chi connectivity index (χ0v) is 14.8. The fourth-order valence-corrected chi connectivity index (χ4v) is 2.62. The van der Waals surface area contributed by atoms with Gasteiger partial charge < -0.3 is 15.4 Å². The monoisotopic (exact) mass is 331 g/mol. The van der Waals surface area contributed by atoms with Crippen LogP contribution >= 0.6 is 11.3 Å². The Hall–Kier alpha value is -2.01. The Morgan fingerprint density at radius 3 is 2.35 bits per heavy atom. The molecule has 1 heterocycles. The fraction of sp³-hybridized carbons (Fsp3) is 0.389. The Kier molecular flexibility index (Phi) is 6.94. The van der Waals surface area contributed by atoms with Crippen LogP contribution in [-0.2, 0) is 13.1 Å². The molecule has 0 spiro atoms. The number of guanidine groups is 1. The van der Waals surface area contributed by atoms with Crippen molar-refractivity contribution in [1.29, 1.82) is 0 Å². The number of thiophene rings is 1. The molecular formula is C18H25N3OS. The van der Waals surface area contributed by atoms with Gasteiger partial charge in [-0.05, 0) is 46.0 Å². The van der Waals surface area contributed by atoms with Gasteiger partial charge in [-0.25, -0.2) is 0 Å². The molecule has 0 aliphatic rings. The normalized spacial score (nSPS) is 11.6. The summed E-state index contributed by atoms with van der Waals surface area (Å²) in [5.41, 5.74) is 2.46. The topological polar surface area (TPSA) is 45.7 Å². The number of nitrogens with zero attached hydrogens (tertiary/aromatic N) is 1. The first-order chi connectivity index (χ1) is 11.2. The number of ether oxygens (including phenoxy) is 1. The van der Waals surface area contributed by atoms with Crippen molar-refractivity contribution in [1.82, 2.24) is 10.6 Å². The van der Waals surface area contributed by atoms with E-state index in [2.05, 4.69) is 58.4 Å². The summed E-state index contributed by atoms with van der Waals surface area (Å²) in [4.78, 5) is 4.24. The van der Waals surface area contributed by atoms with E-state index in [4.69, 9.17) is 4.74 Å². The van der Waals surface area contributed by atoms with Gasteiger partial charge in [0.25, 0.3) is 0 Å². The average molecular weight is 331 g/mol. The predicted octanol–water partition coefficient (Wildman–Crippen LogP) is 3.65. The van der Waals surface area contributed by atoms with Crippen LogP contribution in [0.4, 0.5) is 0 Å². The highest BCUT2D eigenvalue weighted by molar-refractivity contribution is 7.07. The molecule has 5 heteroatoms. The molecule has 0 unspecified atom stereocenters. The van der Waals surface area contributed by atoms with Crippen LogP contribution in [0, 0.1) is 5.92 Å². The van der Waals surface area contributed by atoms with Gasteiger partial charge in [0, 0.05) is 20.1 Å². The second-order valence-corrected chi connectivity index (χ2v) is 6.54. The minimum atomic E-state index is 0.536. The van der Waals surface area contributed by atoms with Gasteiger partial charge in [-0.3, -0.25) is 4.99 Å². The van der Waals surface area contributed by atoms with Crippen LogP contribution in [-0.4, -0.2) is 19.6 Å². The third-order valence-corrected chi connectivity index (χ3v) is 3.96. The molecule has 0 saturated carbocycles. The molecule has 2 aromatic rings. The minimum Gasteiger partial charge on any atom is -0.493 e. The van der Waals surface area contributed by atoms with E-state index < -0.39 is 0 Å². The number of rotatable bonds is 7. The average Bonchev–Trinajstić information content (AvgIpc) is 3.07. The van der Waals surface area contributed by atoms with E-state index in [0.29, 0.717) is 5.92 Å². The van der Waals surface area contributed by atoms with Crippen LogP contribution in [0.25, 0.3) is 0 Å². The van der Waals surface area contributed by atoms with Crippen LogP contribution in [0.2, 0.25) is 0 Å². The van der Waals surface area contributed by atoms with Gasteiger partial charge in [-0.15, -0.1) is 0 Å². The maximum Gasteiger partial charge on any atom is 0.191 e. The molecule has 2 N–H and O–H groups in total. The number of hydrogen-bond donors (Lipinski definition) is 2. The molecule has 1 aromatic heterocycles. The molecule has 1 aromatic carbocycles. The van der Waals surface area contributed by atoms with Crippen molar-refractivity contribution >= 4 is 17.3 Å². The molecule has 124 valence electrons. The molecule has 0 fully saturated rings. The second kappa shape index (κ2) is 9.20. The number of benzene rings is 1. The van der Waals surface area contributed by atoms with Crippen LogP contribution in [0.1, 0.15) is 25.0 Å². The third kappa shape index (κ3) is 6.32.